The van der Waals surface area contributed by atoms with Gasteiger partial charge in [-0.3, -0.25) is 5.41 Å². The van der Waals surface area contributed by atoms with Crippen LogP contribution in [0.5, 0.6) is 5.75 Å². The number of aliphatic hydroxyl groups is 1. The van der Waals surface area contributed by atoms with E-state index < -0.39 is 0 Å². The van der Waals surface area contributed by atoms with Crippen LogP contribution >= 0.6 is 0 Å². The number of nitrogens with one attached hydrogen (secondary N) is 1. The Kier molecular flexibility index (Phi) is 2.87. The molecule has 0 aliphatic rings. The second-order valence-corrected chi connectivity index (χ2v) is 2.60. The van der Waals surface area contributed by atoms with E-state index in [4.69, 9.17) is 21.0 Å². The van der Waals surface area contributed by atoms with Gasteiger partial charge in [-0.1, -0.05) is 0 Å². The van der Waals surface area contributed by atoms with Crippen LogP contribution in [0.3, 0.4) is 0 Å². The van der Waals surface area contributed by atoms with Crippen LogP contribution in [0, 0.1) is 5.41 Å². The third-order valence-corrected chi connectivity index (χ3v) is 1.76. The molecule has 13 heavy (non-hydrogen) atoms. The fourth-order valence-electron chi connectivity index (χ4n) is 1.07. The van der Waals surface area contributed by atoms with E-state index in [1.807, 2.05) is 0 Å². The first-order valence-electron chi connectivity index (χ1n) is 3.81. The molecule has 70 valence electrons. The highest BCUT2D eigenvalue weighted by Gasteiger charge is 2.04. The lowest BCUT2D eigenvalue weighted by atomic mass is 10.1. The molecule has 1 aromatic carbocycles. The van der Waals surface area contributed by atoms with Crippen molar-refractivity contribution in [2.24, 2.45) is 5.73 Å². The van der Waals surface area contributed by atoms with Crippen LogP contribution < -0.4 is 10.5 Å². The van der Waals surface area contributed by atoms with Crippen molar-refractivity contribution < 1.29 is 9.84 Å². The third-order valence-electron chi connectivity index (χ3n) is 1.76. The molecule has 0 unspecified atom stereocenters. The number of nitrogens with two attached hydrogens (primary N) is 1. The summed E-state index contributed by atoms with van der Waals surface area (Å²) in [5.41, 5.74) is 6.51. The molecule has 0 spiro atoms. The lowest BCUT2D eigenvalue weighted by molar-refractivity contribution is 0.274. The van der Waals surface area contributed by atoms with E-state index in [2.05, 4.69) is 0 Å². The number of nitrogen functional groups attached to an aromatic ring is 1. The molecule has 0 saturated heterocycles. The maximum Gasteiger partial charge on any atom is 0.124 e. The minimum atomic E-state index is -0.121. The zero-order valence-corrected chi connectivity index (χ0v) is 7.37. The van der Waals surface area contributed by atoms with Gasteiger partial charge >= 0.3 is 0 Å². The maximum absolute atomic E-state index is 8.96. The first kappa shape index (κ1) is 9.54. The highest BCUT2D eigenvalue weighted by atomic mass is 16.5. The van der Waals surface area contributed by atoms with Gasteiger partial charge in [0.25, 0.3) is 0 Å². The Morgan fingerprint density at radius 3 is 2.77 bits per heavy atom. The van der Waals surface area contributed by atoms with Gasteiger partial charge in [-0.15, -0.1) is 0 Å². The fourth-order valence-corrected chi connectivity index (χ4v) is 1.07. The average Bonchev–Trinajstić information content (AvgIpc) is 2.16. The van der Waals surface area contributed by atoms with E-state index in [-0.39, 0.29) is 12.4 Å². The van der Waals surface area contributed by atoms with E-state index in [1.54, 1.807) is 18.2 Å². The van der Waals surface area contributed by atoms with Gasteiger partial charge in [0.05, 0.1) is 13.7 Å². The minimum Gasteiger partial charge on any atom is -0.496 e. The van der Waals surface area contributed by atoms with Gasteiger partial charge in [0.2, 0.25) is 0 Å². The number of aliphatic hydroxyl groups excluding tert-OH is 1. The molecular weight excluding hydrogens is 168 g/mol. The molecule has 0 atom stereocenters. The van der Waals surface area contributed by atoms with Crippen molar-refractivity contribution in [3.05, 3.63) is 29.3 Å². The van der Waals surface area contributed by atoms with Gasteiger partial charge in [0.15, 0.2) is 0 Å². The molecule has 1 rings (SSSR count). The van der Waals surface area contributed by atoms with E-state index in [9.17, 15) is 0 Å². The molecule has 0 radical (unpaired) electrons. The molecule has 4 nitrogen and oxygen atoms in total. The first-order valence-corrected chi connectivity index (χ1v) is 3.81. The Balaban J connectivity index is 3.13. The van der Waals surface area contributed by atoms with Gasteiger partial charge in [0, 0.05) is 11.1 Å². The summed E-state index contributed by atoms with van der Waals surface area (Å²) in [6.07, 6.45) is 0. The number of amidine groups is 1. The molecule has 1 aromatic rings. The summed E-state index contributed by atoms with van der Waals surface area (Å²) >= 11 is 0. The Labute approximate surface area is 76.5 Å². The van der Waals surface area contributed by atoms with Crippen molar-refractivity contribution in [2.75, 3.05) is 7.11 Å². The van der Waals surface area contributed by atoms with Crippen LogP contribution in [0.2, 0.25) is 0 Å². The van der Waals surface area contributed by atoms with Crippen molar-refractivity contribution in [2.45, 2.75) is 6.61 Å². The molecule has 0 saturated carbocycles. The normalized spacial score (nSPS) is 9.69. The second-order valence-electron chi connectivity index (χ2n) is 2.60. The quantitative estimate of drug-likeness (QED) is 0.467. The van der Waals surface area contributed by atoms with Crippen LogP contribution in [0.4, 0.5) is 0 Å². The van der Waals surface area contributed by atoms with E-state index >= 15 is 0 Å². The SMILES string of the molecule is COc1ccc(C(=N)N)cc1CO. The predicted octanol–water partition coefficient (Wildman–Crippen LogP) is 0.472. The molecule has 0 fully saturated rings. The topological polar surface area (TPSA) is 79.3 Å². The smallest absolute Gasteiger partial charge is 0.124 e. The lowest BCUT2D eigenvalue weighted by Gasteiger charge is -2.07. The van der Waals surface area contributed by atoms with Crippen molar-refractivity contribution in [1.82, 2.24) is 0 Å². The van der Waals surface area contributed by atoms with E-state index in [1.165, 1.54) is 7.11 Å². The summed E-state index contributed by atoms with van der Waals surface area (Å²) < 4.78 is 5.00. The Bertz CT molecular complexity index is 323. The highest BCUT2D eigenvalue weighted by Crippen LogP contribution is 2.19. The van der Waals surface area contributed by atoms with Gasteiger partial charge < -0.3 is 15.6 Å². The van der Waals surface area contributed by atoms with Crippen molar-refractivity contribution in [3.63, 3.8) is 0 Å². The standard InChI is InChI=1S/C9H12N2O2/c1-13-8-3-2-6(9(10)11)4-7(8)5-12/h2-4,12H,5H2,1H3,(H3,10,11). The summed E-state index contributed by atoms with van der Waals surface area (Å²) in [6.45, 7) is -0.121. The maximum atomic E-state index is 8.96. The number of hydrogen-bond donors (Lipinski definition) is 3. The van der Waals surface area contributed by atoms with Gasteiger partial charge in [-0.05, 0) is 18.2 Å². The Morgan fingerprint density at radius 1 is 1.62 bits per heavy atom. The molecular formula is C9H12N2O2. The van der Waals surface area contributed by atoms with Crippen molar-refractivity contribution in [3.8, 4) is 5.75 Å². The zero-order valence-electron chi connectivity index (χ0n) is 7.37. The van der Waals surface area contributed by atoms with Crippen LogP contribution in [-0.4, -0.2) is 18.1 Å². The first-order chi connectivity index (χ1) is 6.19. The van der Waals surface area contributed by atoms with E-state index in [0.29, 0.717) is 16.9 Å². The molecule has 0 heterocycles. The van der Waals surface area contributed by atoms with Crippen LogP contribution in [0.25, 0.3) is 0 Å². The number of rotatable bonds is 3. The minimum absolute atomic E-state index is 0.0163. The Morgan fingerprint density at radius 2 is 2.31 bits per heavy atom. The number of methoxy groups -OCH3 is 1. The van der Waals surface area contributed by atoms with Gasteiger partial charge in [-0.25, -0.2) is 0 Å². The van der Waals surface area contributed by atoms with Gasteiger partial charge in [-0.2, -0.15) is 0 Å². The summed E-state index contributed by atoms with van der Waals surface area (Å²) in [5, 5.41) is 16.2. The summed E-state index contributed by atoms with van der Waals surface area (Å²) in [7, 11) is 1.53. The van der Waals surface area contributed by atoms with E-state index in [0.717, 1.165) is 0 Å². The monoisotopic (exact) mass is 180 g/mol. The Hall–Kier alpha value is -1.55. The lowest BCUT2D eigenvalue weighted by Crippen LogP contribution is -2.11. The van der Waals surface area contributed by atoms with Crippen molar-refractivity contribution >= 4 is 5.84 Å². The molecule has 0 aliphatic carbocycles. The third kappa shape index (κ3) is 1.97. The molecule has 0 amide bonds. The zero-order chi connectivity index (χ0) is 9.84. The molecule has 0 aromatic heterocycles. The molecule has 4 heteroatoms. The molecule has 0 aliphatic heterocycles. The van der Waals surface area contributed by atoms with Crippen LogP contribution in [0.15, 0.2) is 18.2 Å². The number of benzene rings is 1. The average molecular weight is 180 g/mol. The molecule has 0 bridgehead atoms. The van der Waals surface area contributed by atoms with Crippen LogP contribution in [-0.2, 0) is 6.61 Å². The fraction of sp³-hybridized carbons (Fsp3) is 0.222. The largest absolute Gasteiger partial charge is 0.496 e. The van der Waals surface area contributed by atoms with Gasteiger partial charge in [0.1, 0.15) is 11.6 Å². The van der Waals surface area contributed by atoms with Crippen molar-refractivity contribution in [1.29, 1.82) is 5.41 Å². The van der Waals surface area contributed by atoms with Crippen LogP contribution in [0.1, 0.15) is 11.1 Å². The summed E-state index contributed by atoms with van der Waals surface area (Å²) in [6, 6.07) is 5.00. The highest BCUT2D eigenvalue weighted by molar-refractivity contribution is 5.95. The predicted molar refractivity (Wildman–Crippen MR) is 49.9 cm³/mol. The number of hydrogen-bond acceptors (Lipinski definition) is 3. The molecule has 4 N–H and O–H groups in total. The number of ether oxygens (including phenoxy) is 1. The second kappa shape index (κ2) is 3.91. The summed E-state index contributed by atoms with van der Waals surface area (Å²) in [4.78, 5) is 0. The summed E-state index contributed by atoms with van der Waals surface area (Å²) in [5.74, 6) is 0.588.